The number of thioether (sulfide) groups is 1. The van der Waals surface area contributed by atoms with Gasteiger partial charge in [0.15, 0.2) is 0 Å². The number of oxime groups is 1. The second kappa shape index (κ2) is 7.12. The molecule has 12 heavy (non-hydrogen) atoms. The molecule has 0 atom stereocenters. The summed E-state index contributed by atoms with van der Waals surface area (Å²) in [5.41, 5.74) is 0.655. The molecule has 2 N–H and O–H groups in total. The zero-order valence-corrected chi connectivity index (χ0v) is 8.54. The first-order chi connectivity index (χ1) is 5.70. The Hall–Kier alpha value is -0.550. The van der Waals surface area contributed by atoms with Crippen LogP contribution in [-0.2, 0) is 0 Å². The zero-order valence-electron chi connectivity index (χ0n) is 6.91. The fourth-order valence-corrected chi connectivity index (χ4v) is 1.25. The summed E-state index contributed by atoms with van der Waals surface area (Å²) in [6, 6.07) is 0. The van der Waals surface area contributed by atoms with Crippen LogP contribution >= 0.6 is 24.0 Å². The van der Waals surface area contributed by atoms with Crippen LogP contribution in [0.5, 0.6) is 0 Å². The lowest BCUT2D eigenvalue weighted by Gasteiger charge is -2.03. The molecule has 0 bridgehead atoms. The largest absolute Gasteiger partial charge is 0.411 e. The summed E-state index contributed by atoms with van der Waals surface area (Å²) in [5.74, 6) is 0.611. The second-order valence-corrected chi connectivity index (χ2v) is 3.73. The molecule has 5 heteroatoms. The smallest absolute Gasteiger partial charge is 0.134 e. The Morgan fingerprint density at radius 1 is 1.83 bits per heavy atom. The van der Waals surface area contributed by atoms with E-state index in [-0.39, 0.29) is 0 Å². The van der Waals surface area contributed by atoms with Gasteiger partial charge in [-0.2, -0.15) is 0 Å². The van der Waals surface area contributed by atoms with Gasteiger partial charge in [0, 0.05) is 12.3 Å². The molecule has 0 aliphatic carbocycles. The molecule has 0 amide bonds. The molecular formula is C7H12N2OS2. The van der Waals surface area contributed by atoms with Crippen LogP contribution in [0.25, 0.3) is 0 Å². The highest BCUT2D eigenvalue weighted by Crippen LogP contribution is 2.02. The predicted molar refractivity (Wildman–Crippen MR) is 58.2 cm³/mol. The maximum atomic E-state index is 8.32. The Morgan fingerprint density at radius 2 is 2.50 bits per heavy atom. The van der Waals surface area contributed by atoms with Crippen LogP contribution in [0.3, 0.4) is 0 Å². The molecule has 3 nitrogen and oxygen atoms in total. The Labute approximate surface area is 81.9 Å². The quantitative estimate of drug-likeness (QED) is 0.240. The van der Waals surface area contributed by atoms with E-state index >= 15 is 0 Å². The topological polar surface area (TPSA) is 44.6 Å². The van der Waals surface area contributed by atoms with E-state index in [0.29, 0.717) is 22.3 Å². The van der Waals surface area contributed by atoms with Crippen LogP contribution in [0.2, 0.25) is 0 Å². The summed E-state index contributed by atoms with van der Waals surface area (Å²) in [4.78, 5) is 0. The van der Waals surface area contributed by atoms with E-state index in [4.69, 9.17) is 17.4 Å². The van der Waals surface area contributed by atoms with Crippen LogP contribution in [0, 0.1) is 0 Å². The summed E-state index contributed by atoms with van der Waals surface area (Å²) in [6.07, 6.45) is 1.74. The Kier molecular flexibility index (Phi) is 6.79. The molecule has 0 saturated heterocycles. The number of rotatable bonds is 4. The third-order valence-electron chi connectivity index (χ3n) is 0.974. The molecule has 0 aliphatic heterocycles. The van der Waals surface area contributed by atoms with E-state index in [9.17, 15) is 0 Å². The van der Waals surface area contributed by atoms with Crippen LogP contribution in [-0.4, -0.2) is 27.5 Å². The first-order valence-electron chi connectivity index (χ1n) is 3.39. The van der Waals surface area contributed by atoms with E-state index in [0.717, 1.165) is 0 Å². The molecule has 0 rings (SSSR count). The summed E-state index contributed by atoms with van der Waals surface area (Å²) >= 11 is 6.38. The van der Waals surface area contributed by atoms with Crippen LogP contribution < -0.4 is 5.32 Å². The minimum atomic E-state index is 0.611. The molecule has 0 spiro atoms. The molecule has 0 unspecified atom stereocenters. The lowest BCUT2D eigenvalue weighted by Crippen LogP contribution is -2.19. The molecule has 68 valence electrons. The van der Waals surface area contributed by atoms with Crippen molar-refractivity contribution in [3.8, 4) is 0 Å². The number of hydrogen-bond acceptors (Lipinski definition) is 4. The van der Waals surface area contributed by atoms with Crippen molar-refractivity contribution >= 4 is 34.0 Å². The van der Waals surface area contributed by atoms with Gasteiger partial charge in [0.1, 0.15) is 4.32 Å². The normalized spacial score (nSPS) is 10.9. The van der Waals surface area contributed by atoms with Gasteiger partial charge in [0.2, 0.25) is 0 Å². The van der Waals surface area contributed by atoms with E-state index in [1.807, 2.05) is 0 Å². The van der Waals surface area contributed by atoms with Crippen molar-refractivity contribution in [1.82, 2.24) is 5.32 Å². The second-order valence-electron chi connectivity index (χ2n) is 2.08. The van der Waals surface area contributed by atoms with Gasteiger partial charge in [0.25, 0.3) is 0 Å². The third-order valence-corrected chi connectivity index (χ3v) is 2.44. The average Bonchev–Trinajstić information content (AvgIpc) is 2.10. The molecule has 0 aliphatic rings. The predicted octanol–water partition coefficient (Wildman–Crippen LogP) is 1.63. The van der Waals surface area contributed by atoms with Gasteiger partial charge in [-0.25, -0.2) is 0 Å². The van der Waals surface area contributed by atoms with E-state index < -0.39 is 0 Å². The SMILES string of the molecule is C=CCNC(=S)SCC(C)=NO. The van der Waals surface area contributed by atoms with Crippen molar-refractivity contribution in [2.75, 3.05) is 12.3 Å². The Balaban J connectivity index is 3.50. The van der Waals surface area contributed by atoms with Crippen molar-refractivity contribution in [3.63, 3.8) is 0 Å². The molecular weight excluding hydrogens is 192 g/mol. The van der Waals surface area contributed by atoms with Crippen molar-refractivity contribution in [2.24, 2.45) is 5.16 Å². The Bertz CT molecular complexity index is 192. The van der Waals surface area contributed by atoms with E-state index in [1.165, 1.54) is 11.8 Å². The lowest BCUT2D eigenvalue weighted by molar-refractivity contribution is 0.318. The van der Waals surface area contributed by atoms with Gasteiger partial charge in [-0.3, -0.25) is 0 Å². The number of hydrogen-bond donors (Lipinski definition) is 2. The molecule has 0 heterocycles. The summed E-state index contributed by atoms with van der Waals surface area (Å²) in [6.45, 7) is 5.96. The fourth-order valence-electron chi connectivity index (χ4n) is 0.405. The Morgan fingerprint density at radius 3 is 3.00 bits per heavy atom. The van der Waals surface area contributed by atoms with Crippen LogP contribution in [0.4, 0.5) is 0 Å². The first kappa shape index (κ1) is 11.4. The molecule has 0 fully saturated rings. The summed E-state index contributed by atoms with van der Waals surface area (Å²) < 4.78 is 0.693. The zero-order chi connectivity index (χ0) is 9.40. The molecule has 0 aromatic carbocycles. The van der Waals surface area contributed by atoms with Gasteiger partial charge in [0.05, 0.1) is 5.71 Å². The van der Waals surface area contributed by atoms with Gasteiger partial charge < -0.3 is 10.5 Å². The standard InChI is InChI=1S/C7H12N2OS2/c1-3-4-8-7(11)12-5-6(2)9-10/h3,10H,1,4-5H2,2H3,(H,8,11). The average molecular weight is 204 g/mol. The van der Waals surface area contributed by atoms with Crippen molar-refractivity contribution in [1.29, 1.82) is 0 Å². The van der Waals surface area contributed by atoms with Crippen molar-refractivity contribution in [3.05, 3.63) is 12.7 Å². The first-order valence-corrected chi connectivity index (χ1v) is 4.79. The third kappa shape index (κ3) is 6.18. The molecule has 0 radical (unpaired) electrons. The lowest BCUT2D eigenvalue weighted by atomic mass is 10.5. The van der Waals surface area contributed by atoms with Crippen LogP contribution in [0.1, 0.15) is 6.92 Å². The van der Waals surface area contributed by atoms with Crippen LogP contribution in [0.15, 0.2) is 17.8 Å². The molecule has 0 saturated carbocycles. The van der Waals surface area contributed by atoms with E-state index in [1.54, 1.807) is 13.0 Å². The maximum Gasteiger partial charge on any atom is 0.134 e. The van der Waals surface area contributed by atoms with Gasteiger partial charge in [-0.1, -0.05) is 35.2 Å². The monoisotopic (exact) mass is 204 g/mol. The maximum absolute atomic E-state index is 8.32. The highest BCUT2D eigenvalue weighted by molar-refractivity contribution is 8.23. The van der Waals surface area contributed by atoms with Gasteiger partial charge in [-0.05, 0) is 6.92 Å². The van der Waals surface area contributed by atoms with Gasteiger partial charge in [-0.15, -0.1) is 6.58 Å². The number of nitrogens with one attached hydrogen (secondary N) is 1. The molecule has 0 aromatic heterocycles. The van der Waals surface area contributed by atoms with Gasteiger partial charge >= 0.3 is 0 Å². The molecule has 0 aromatic rings. The highest BCUT2D eigenvalue weighted by atomic mass is 32.2. The fraction of sp³-hybridized carbons (Fsp3) is 0.429. The highest BCUT2D eigenvalue weighted by Gasteiger charge is 1.97. The van der Waals surface area contributed by atoms with Crippen molar-refractivity contribution in [2.45, 2.75) is 6.92 Å². The minimum absolute atomic E-state index is 0.611. The number of thiocarbonyl (C=S) groups is 1. The van der Waals surface area contributed by atoms with Crippen molar-refractivity contribution < 1.29 is 5.21 Å². The summed E-state index contributed by atoms with van der Waals surface area (Å²) in [7, 11) is 0. The number of nitrogens with zero attached hydrogens (tertiary/aromatic N) is 1. The minimum Gasteiger partial charge on any atom is -0.411 e. The summed E-state index contributed by atoms with van der Waals surface area (Å²) in [5, 5.41) is 14.3. The van der Waals surface area contributed by atoms with E-state index in [2.05, 4.69) is 17.1 Å².